The molecule has 19 nitrogen and oxygen atoms in total. The monoisotopic (exact) mass is 1170 g/mol. The minimum absolute atomic E-state index is 0.0277. The van der Waals surface area contributed by atoms with Crippen LogP contribution in [0.5, 0.6) is 0 Å². The normalized spacial score (nSPS) is 12.8. The highest BCUT2D eigenvalue weighted by Crippen LogP contribution is 2.19. The van der Waals surface area contributed by atoms with Crippen LogP contribution in [0.15, 0.2) is 22.0 Å². The second-order valence-corrected chi connectivity index (χ2v) is 22.4. The molecule has 82 heavy (non-hydrogen) atoms. The Morgan fingerprint density at radius 2 is 0.988 bits per heavy atom. The van der Waals surface area contributed by atoms with E-state index in [2.05, 4.69) is 59.4 Å². The summed E-state index contributed by atoms with van der Waals surface area (Å²) in [6.07, 6.45) is 31.8. The second-order valence-electron chi connectivity index (χ2n) is 22.4. The molecule has 0 aliphatic carbocycles. The van der Waals surface area contributed by atoms with Crippen LogP contribution in [0.1, 0.15) is 247 Å². The number of hydrogen-bond donors (Lipinski definition) is 6. The van der Waals surface area contributed by atoms with Crippen molar-refractivity contribution in [2.24, 2.45) is 27.5 Å². The number of hydrazine groups is 1. The van der Waals surface area contributed by atoms with Gasteiger partial charge in [0.05, 0.1) is 44.5 Å². The molecule has 0 aromatic heterocycles. The number of nitrogens with zero attached hydrogens (tertiary/aromatic N) is 6. The third kappa shape index (κ3) is 49.9. The van der Waals surface area contributed by atoms with E-state index in [9.17, 15) is 29.7 Å². The van der Waals surface area contributed by atoms with Gasteiger partial charge in [-0.3, -0.25) is 19.4 Å². The van der Waals surface area contributed by atoms with Gasteiger partial charge in [-0.05, 0) is 135 Å². The quantitative estimate of drug-likeness (QED) is 0.00629. The number of carbonyl (C=O) groups excluding carboxylic acids is 3. The van der Waals surface area contributed by atoms with E-state index in [0.29, 0.717) is 82.8 Å². The Morgan fingerprint density at radius 1 is 0.488 bits per heavy atom. The van der Waals surface area contributed by atoms with Crippen molar-refractivity contribution in [1.29, 1.82) is 0 Å². The molecule has 1 atom stereocenters. The van der Waals surface area contributed by atoms with Gasteiger partial charge in [0.2, 0.25) is 0 Å². The van der Waals surface area contributed by atoms with Crippen LogP contribution in [0.25, 0.3) is 0 Å². The summed E-state index contributed by atoms with van der Waals surface area (Å²) >= 11 is 0. The Balaban J connectivity index is 5.16. The van der Waals surface area contributed by atoms with Crippen molar-refractivity contribution in [3.63, 3.8) is 0 Å². The summed E-state index contributed by atoms with van der Waals surface area (Å²) in [6, 6.07) is 0. The number of hydrogen-bond acceptors (Lipinski definition) is 19. The molecule has 0 heterocycles. The average molecular weight is 1170 g/mol. The molecule has 0 bridgehead atoms. The van der Waals surface area contributed by atoms with E-state index in [4.69, 9.17) is 36.4 Å². The number of carbonyl (C=O) groups is 3. The summed E-state index contributed by atoms with van der Waals surface area (Å²) < 4.78 is 23.1. The Morgan fingerprint density at radius 3 is 1.54 bits per heavy atom. The molecule has 0 fully saturated rings. The Hall–Kier alpha value is -3.43. The summed E-state index contributed by atoms with van der Waals surface area (Å²) in [5.74, 6) is 11.1. The molecule has 0 amide bonds. The number of aliphatic hydroxyl groups is 3. The average Bonchev–Trinajstić information content (AvgIpc) is 3.45. The summed E-state index contributed by atoms with van der Waals surface area (Å²) in [5, 5.41) is 35.1. The number of rotatable bonds is 61. The van der Waals surface area contributed by atoms with Gasteiger partial charge >= 0.3 is 17.9 Å². The lowest BCUT2D eigenvalue weighted by molar-refractivity contribution is -0.150. The summed E-state index contributed by atoms with van der Waals surface area (Å²) in [6.45, 7) is 19.1. The number of ether oxygens (including phenoxy) is 4. The summed E-state index contributed by atoms with van der Waals surface area (Å²) in [4.78, 5) is 49.9. The lowest BCUT2D eigenvalue weighted by Gasteiger charge is -2.26. The molecule has 0 aliphatic heterocycles. The maximum absolute atomic E-state index is 13.0. The Kier molecular flexibility index (Phi) is 55.5. The van der Waals surface area contributed by atoms with Crippen LogP contribution in [-0.2, 0) is 33.3 Å². The zero-order valence-electron chi connectivity index (χ0n) is 52.9. The van der Waals surface area contributed by atoms with E-state index in [1.165, 1.54) is 25.7 Å². The fourth-order valence-corrected chi connectivity index (χ4v) is 9.82. The van der Waals surface area contributed by atoms with Gasteiger partial charge in [-0.2, -0.15) is 5.10 Å². The number of aliphatic hydroxyl groups excluding tert-OH is 3. The fourth-order valence-electron chi connectivity index (χ4n) is 9.82. The van der Waals surface area contributed by atoms with Gasteiger partial charge in [-0.15, -0.1) is 0 Å². The van der Waals surface area contributed by atoms with Crippen LogP contribution >= 0.6 is 0 Å². The van der Waals surface area contributed by atoms with Gasteiger partial charge in [0.25, 0.3) is 0 Å². The van der Waals surface area contributed by atoms with Gasteiger partial charge in [-0.25, -0.2) is 5.84 Å². The van der Waals surface area contributed by atoms with Crippen LogP contribution in [0.2, 0.25) is 0 Å². The first-order valence-corrected chi connectivity index (χ1v) is 32.8. The number of esters is 3. The van der Waals surface area contributed by atoms with E-state index in [1.807, 2.05) is 0 Å². The van der Waals surface area contributed by atoms with Crippen molar-refractivity contribution in [1.82, 2.24) is 19.7 Å². The van der Waals surface area contributed by atoms with E-state index in [0.717, 1.165) is 174 Å². The predicted octanol–water partition coefficient (Wildman–Crippen LogP) is 9.91. The topological polar surface area (TPSA) is 265 Å². The first kappa shape index (κ1) is 78.6. The molecular formula is C63H125N9O10. The zero-order chi connectivity index (χ0) is 60.5. The van der Waals surface area contributed by atoms with Gasteiger partial charge in [0, 0.05) is 83.2 Å². The molecule has 0 aromatic rings. The molecule has 0 spiro atoms. The Labute approximate surface area is 499 Å². The predicted molar refractivity (Wildman–Crippen MR) is 335 cm³/mol. The molecule has 0 saturated carbocycles. The third-order valence-corrected chi connectivity index (χ3v) is 14.7. The number of nitrogens with two attached hydrogens (primary N) is 3. The van der Waals surface area contributed by atoms with Crippen LogP contribution in [0, 0.1) is 0 Å². The van der Waals surface area contributed by atoms with Crippen molar-refractivity contribution in [2.45, 2.75) is 265 Å². The fraction of sp³-hybridized carbons (Fsp3) is 0.889. The third-order valence-electron chi connectivity index (χ3n) is 14.7. The highest BCUT2D eigenvalue weighted by Gasteiger charge is 2.18. The van der Waals surface area contributed by atoms with E-state index < -0.39 is 6.29 Å². The smallest absolute Gasteiger partial charge is 0.307 e. The maximum atomic E-state index is 13.0. The van der Waals surface area contributed by atoms with Crippen molar-refractivity contribution >= 4 is 29.8 Å². The maximum Gasteiger partial charge on any atom is 0.307 e. The van der Waals surface area contributed by atoms with Crippen LogP contribution in [0.3, 0.4) is 0 Å². The molecule has 19 heteroatoms. The first-order valence-electron chi connectivity index (χ1n) is 32.8. The van der Waals surface area contributed by atoms with Crippen molar-refractivity contribution in [3.05, 3.63) is 11.9 Å². The van der Waals surface area contributed by atoms with Gasteiger partial charge in [0.15, 0.2) is 6.29 Å². The van der Waals surface area contributed by atoms with Gasteiger partial charge in [0.1, 0.15) is 6.10 Å². The van der Waals surface area contributed by atoms with Crippen molar-refractivity contribution < 1.29 is 48.7 Å². The molecule has 0 aliphatic rings. The molecule has 1 unspecified atom stereocenters. The minimum atomic E-state index is -0.745. The highest BCUT2D eigenvalue weighted by atomic mass is 16.6. The molecule has 0 rings (SSSR count). The van der Waals surface area contributed by atoms with Crippen LogP contribution in [0.4, 0.5) is 0 Å². The second kappa shape index (κ2) is 58.0. The van der Waals surface area contributed by atoms with Crippen molar-refractivity contribution in [3.8, 4) is 0 Å². The molecule has 0 saturated heterocycles. The highest BCUT2D eigenvalue weighted by molar-refractivity contribution is 6.30. The largest absolute Gasteiger partial charge is 0.465 e. The molecule has 9 N–H and O–H groups in total. The van der Waals surface area contributed by atoms with Crippen LogP contribution < -0.4 is 17.4 Å². The standard InChI is InChI=1S/C63H125N9O10/c1-6-11-17-29-58(30-18-12-7-2)81-62(77)33-21-15-23-39-67-54-57(68-65)38-53-80-61(76)36-48-71(44-27-43-70(45-28-50-73)42-26-25-41-69(40-10-5)49-51-74)47-35-60(75)79-52-37-56(64)55-72(66)46-24-16-22-34-63(78)82-59(31-19-13-8-3)32-20-14-9-4/h54-55,58-59,63,73-74,78H,6-53,64-66H2,1-5H3/b56-55-,67-54?,68-57-. The minimum Gasteiger partial charge on any atom is -0.465 e. The van der Waals surface area contributed by atoms with E-state index >= 15 is 0 Å². The first-order chi connectivity index (χ1) is 39.9. The van der Waals surface area contributed by atoms with E-state index in [1.54, 1.807) is 17.4 Å². The number of aliphatic imine (C=N–C) groups is 1. The molecular weight excluding hydrogens is 1040 g/mol. The van der Waals surface area contributed by atoms with Gasteiger partial charge in [-0.1, -0.05) is 112 Å². The molecule has 482 valence electrons. The SMILES string of the molecule is CCCCCC(CCCCC)OC(=O)CCCCCN=C/C(CCOC(=O)CCN(CCCN(CCCO)CCCCN(CCC)CCO)CCC(=O)OCC/C(N)=C/N(N)CCCCCC(O)OC(CCCCC)CCCCC)=N\N. The summed E-state index contributed by atoms with van der Waals surface area (Å²) in [7, 11) is 0. The lowest BCUT2D eigenvalue weighted by atomic mass is 10.0. The summed E-state index contributed by atoms with van der Waals surface area (Å²) in [5.41, 5.74) is 7.29. The zero-order valence-corrected chi connectivity index (χ0v) is 52.9. The van der Waals surface area contributed by atoms with E-state index in [-0.39, 0.29) is 69.4 Å². The molecule has 0 aromatic carbocycles. The Bertz CT molecular complexity index is 1550. The lowest BCUT2D eigenvalue weighted by Crippen LogP contribution is -2.34. The number of hydrazone groups is 1. The van der Waals surface area contributed by atoms with Crippen molar-refractivity contribution in [2.75, 3.05) is 98.4 Å². The van der Waals surface area contributed by atoms with Crippen LogP contribution in [-0.4, -0.2) is 182 Å². The molecule has 0 radical (unpaired) electrons. The van der Waals surface area contributed by atoms with Gasteiger partial charge < -0.3 is 65.6 Å². The number of unbranched alkanes of at least 4 members (excludes halogenated alkanes) is 13.